The molecule has 2 N–H and O–H groups in total. The van der Waals surface area contributed by atoms with Gasteiger partial charge in [0.1, 0.15) is 5.70 Å². The largest absolute Gasteiger partial charge is 0.464 e. The van der Waals surface area contributed by atoms with Crippen LogP contribution >= 0.6 is 0 Å². The van der Waals surface area contributed by atoms with Crippen molar-refractivity contribution in [2.75, 3.05) is 12.5 Å². The van der Waals surface area contributed by atoms with Crippen molar-refractivity contribution >= 4 is 11.7 Å². The van der Waals surface area contributed by atoms with Crippen LogP contribution in [0.15, 0.2) is 42.6 Å². The molecule has 0 aromatic heterocycles. The first-order valence-electron chi connectivity index (χ1n) is 4.08. The molecule has 4 nitrogen and oxygen atoms in total. The fraction of sp³-hybridized carbons (Fsp3) is 0.100. The number of carbonyl (C=O) groups is 1. The van der Waals surface area contributed by atoms with Gasteiger partial charge >= 0.3 is 5.97 Å². The van der Waals surface area contributed by atoms with Crippen LogP contribution < -0.4 is 10.9 Å². The zero-order valence-electron chi connectivity index (χ0n) is 7.91. The lowest BCUT2D eigenvalue weighted by atomic mass is 10.3. The number of benzene rings is 1. The van der Waals surface area contributed by atoms with Crippen LogP contribution in [0.25, 0.3) is 0 Å². The first kappa shape index (κ1) is 10.1. The van der Waals surface area contributed by atoms with Gasteiger partial charge in [0, 0.05) is 0 Å². The number of hydrazine groups is 1. The third-order valence-corrected chi connectivity index (χ3v) is 1.56. The van der Waals surface area contributed by atoms with Crippen molar-refractivity contribution in [3.63, 3.8) is 0 Å². The Morgan fingerprint density at radius 2 is 2.00 bits per heavy atom. The average Bonchev–Trinajstić information content (AvgIpc) is 2.26. The molecule has 14 heavy (non-hydrogen) atoms. The van der Waals surface area contributed by atoms with E-state index in [2.05, 4.69) is 22.2 Å². The van der Waals surface area contributed by atoms with Crippen molar-refractivity contribution in [1.29, 1.82) is 0 Å². The minimum Gasteiger partial charge on any atom is -0.464 e. The van der Waals surface area contributed by atoms with E-state index in [-0.39, 0.29) is 5.70 Å². The maximum atomic E-state index is 10.9. The standard InChI is InChI=1S/C10H12N2O2/c1-8(10(13)14-2)11-12-9-6-4-3-5-7-9/h3-7,11-12H,1H2,2H3. The number of carbonyl (C=O) groups excluding carboxylic acids is 1. The van der Waals surface area contributed by atoms with Crippen LogP contribution in [0.5, 0.6) is 0 Å². The molecule has 0 heterocycles. The van der Waals surface area contributed by atoms with E-state index >= 15 is 0 Å². The summed E-state index contributed by atoms with van der Waals surface area (Å²) in [7, 11) is 1.30. The second kappa shape index (κ2) is 4.91. The molecule has 0 unspecified atom stereocenters. The average molecular weight is 192 g/mol. The number of rotatable bonds is 4. The van der Waals surface area contributed by atoms with Crippen molar-refractivity contribution in [3.05, 3.63) is 42.6 Å². The predicted molar refractivity (Wildman–Crippen MR) is 54.4 cm³/mol. The Bertz CT molecular complexity index is 322. The van der Waals surface area contributed by atoms with E-state index in [0.29, 0.717) is 0 Å². The molecule has 0 radical (unpaired) electrons. The van der Waals surface area contributed by atoms with Crippen molar-refractivity contribution in [2.24, 2.45) is 0 Å². The summed E-state index contributed by atoms with van der Waals surface area (Å²) in [5, 5.41) is 0. The van der Waals surface area contributed by atoms with Crippen molar-refractivity contribution in [2.45, 2.75) is 0 Å². The summed E-state index contributed by atoms with van der Waals surface area (Å²) in [6.07, 6.45) is 0. The zero-order chi connectivity index (χ0) is 10.4. The molecule has 1 aromatic carbocycles. The van der Waals surface area contributed by atoms with Gasteiger partial charge in [0.05, 0.1) is 12.8 Å². The molecule has 0 aliphatic rings. The van der Waals surface area contributed by atoms with E-state index < -0.39 is 5.97 Å². The fourth-order valence-corrected chi connectivity index (χ4v) is 0.843. The number of hydrogen-bond acceptors (Lipinski definition) is 4. The van der Waals surface area contributed by atoms with Gasteiger partial charge in [0.15, 0.2) is 0 Å². The lowest BCUT2D eigenvalue weighted by Gasteiger charge is -2.09. The van der Waals surface area contributed by atoms with Crippen molar-refractivity contribution < 1.29 is 9.53 Å². The monoisotopic (exact) mass is 192 g/mol. The lowest BCUT2D eigenvalue weighted by molar-refractivity contribution is -0.136. The topological polar surface area (TPSA) is 50.4 Å². The van der Waals surface area contributed by atoms with Crippen LogP contribution in [0.4, 0.5) is 5.69 Å². The molecule has 0 aliphatic carbocycles. The molecule has 0 atom stereocenters. The number of esters is 1. The minimum absolute atomic E-state index is 0.163. The number of para-hydroxylation sites is 1. The molecule has 1 aromatic rings. The molecule has 74 valence electrons. The number of methoxy groups -OCH3 is 1. The molecule has 4 heteroatoms. The Morgan fingerprint density at radius 1 is 1.36 bits per heavy atom. The van der Waals surface area contributed by atoms with Crippen LogP contribution in [-0.4, -0.2) is 13.1 Å². The van der Waals surface area contributed by atoms with E-state index in [1.807, 2.05) is 30.3 Å². The SMILES string of the molecule is C=C(NNc1ccccc1)C(=O)OC. The molecule has 0 spiro atoms. The molecular weight excluding hydrogens is 180 g/mol. The highest BCUT2D eigenvalue weighted by molar-refractivity contribution is 5.87. The smallest absolute Gasteiger partial charge is 0.355 e. The van der Waals surface area contributed by atoms with E-state index in [1.54, 1.807) is 0 Å². The Morgan fingerprint density at radius 3 is 2.57 bits per heavy atom. The van der Waals surface area contributed by atoms with Gasteiger partial charge in [-0.1, -0.05) is 24.8 Å². The third-order valence-electron chi connectivity index (χ3n) is 1.56. The Kier molecular flexibility index (Phi) is 3.55. The fourth-order valence-electron chi connectivity index (χ4n) is 0.843. The van der Waals surface area contributed by atoms with Gasteiger partial charge in [0.2, 0.25) is 0 Å². The molecular formula is C10H12N2O2. The third kappa shape index (κ3) is 2.82. The van der Waals surface area contributed by atoms with Crippen molar-refractivity contribution in [1.82, 2.24) is 5.43 Å². The molecule has 0 saturated heterocycles. The summed E-state index contributed by atoms with van der Waals surface area (Å²) in [6, 6.07) is 9.38. The molecule has 0 fully saturated rings. The van der Waals surface area contributed by atoms with Gasteiger partial charge in [-0.3, -0.25) is 5.43 Å². The maximum absolute atomic E-state index is 10.9. The Labute approximate surface area is 82.5 Å². The van der Waals surface area contributed by atoms with E-state index in [9.17, 15) is 4.79 Å². The van der Waals surface area contributed by atoms with E-state index in [1.165, 1.54) is 7.11 Å². The van der Waals surface area contributed by atoms with Crippen LogP contribution in [0.1, 0.15) is 0 Å². The molecule has 0 amide bonds. The Balaban J connectivity index is 2.42. The second-order valence-corrected chi connectivity index (χ2v) is 2.59. The number of ether oxygens (including phenoxy) is 1. The Hall–Kier alpha value is -1.97. The van der Waals surface area contributed by atoms with Crippen LogP contribution in [0, 0.1) is 0 Å². The van der Waals surface area contributed by atoms with Gasteiger partial charge in [-0.25, -0.2) is 4.79 Å². The van der Waals surface area contributed by atoms with Crippen LogP contribution in [0.2, 0.25) is 0 Å². The highest BCUT2D eigenvalue weighted by atomic mass is 16.5. The second-order valence-electron chi connectivity index (χ2n) is 2.59. The van der Waals surface area contributed by atoms with Gasteiger partial charge in [0.25, 0.3) is 0 Å². The number of anilines is 1. The maximum Gasteiger partial charge on any atom is 0.355 e. The first-order chi connectivity index (χ1) is 6.74. The first-order valence-corrected chi connectivity index (χ1v) is 4.08. The predicted octanol–water partition coefficient (Wildman–Crippen LogP) is 1.29. The van der Waals surface area contributed by atoms with Crippen LogP contribution in [0.3, 0.4) is 0 Å². The molecule has 1 rings (SSSR count). The van der Waals surface area contributed by atoms with Gasteiger partial charge < -0.3 is 10.2 Å². The number of hydrogen-bond donors (Lipinski definition) is 2. The highest BCUT2D eigenvalue weighted by Gasteiger charge is 2.04. The van der Waals surface area contributed by atoms with Gasteiger partial charge in [-0.15, -0.1) is 0 Å². The molecule has 0 aliphatic heterocycles. The quantitative estimate of drug-likeness (QED) is 0.429. The summed E-state index contributed by atoms with van der Waals surface area (Å²) in [6.45, 7) is 3.49. The van der Waals surface area contributed by atoms with Crippen LogP contribution in [-0.2, 0) is 9.53 Å². The minimum atomic E-state index is -0.492. The summed E-state index contributed by atoms with van der Waals surface area (Å²) in [5.74, 6) is -0.492. The van der Waals surface area contributed by atoms with Gasteiger partial charge in [-0.2, -0.15) is 0 Å². The summed E-state index contributed by atoms with van der Waals surface area (Å²) in [4.78, 5) is 10.9. The normalized spacial score (nSPS) is 8.93. The lowest BCUT2D eigenvalue weighted by Crippen LogP contribution is -2.25. The van der Waals surface area contributed by atoms with Crippen molar-refractivity contribution in [3.8, 4) is 0 Å². The van der Waals surface area contributed by atoms with Gasteiger partial charge in [-0.05, 0) is 12.1 Å². The molecule has 0 saturated carbocycles. The van der Waals surface area contributed by atoms with E-state index in [4.69, 9.17) is 0 Å². The summed E-state index contributed by atoms with van der Waals surface area (Å²) < 4.78 is 4.46. The number of nitrogens with one attached hydrogen (secondary N) is 2. The summed E-state index contributed by atoms with van der Waals surface area (Å²) in [5.41, 5.74) is 6.45. The summed E-state index contributed by atoms with van der Waals surface area (Å²) >= 11 is 0. The van der Waals surface area contributed by atoms with E-state index in [0.717, 1.165) is 5.69 Å². The zero-order valence-corrected chi connectivity index (χ0v) is 7.91. The highest BCUT2D eigenvalue weighted by Crippen LogP contribution is 2.03. The molecule has 0 bridgehead atoms.